The molecule has 0 aliphatic carbocycles. The Morgan fingerprint density at radius 3 is 2.40 bits per heavy atom. The molecule has 2 atom stereocenters. The van der Waals surface area contributed by atoms with Gasteiger partial charge >= 0.3 is 0 Å². The third-order valence-electron chi connectivity index (χ3n) is 6.06. The van der Waals surface area contributed by atoms with Crippen molar-refractivity contribution in [2.24, 2.45) is 0 Å². The van der Waals surface area contributed by atoms with Gasteiger partial charge in [-0.1, -0.05) is 30.3 Å². The average molecular weight is 411 g/mol. The molecule has 0 bridgehead atoms. The number of amides is 2. The molecule has 30 heavy (non-hydrogen) atoms. The Balaban J connectivity index is 1.37. The Hall–Kier alpha value is -2.67. The summed E-state index contributed by atoms with van der Waals surface area (Å²) in [6.45, 7) is 6.59. The summed E-state index contributed by atoms with van der Waals surface area (Å²) in [5.41, 5.74) is 2.60. The summed E-state index contributed by atoms with van der Waals surface area (Å²) in [5.74, 6) is 0.392. The first-order chi connectivity index (χ1) is 14.5. The van der Waals surface area contributed by atoms with Gasteiger partial charge in [0.05, 0.1) is 36.1 Å². The molecule has 7 nitrogen and oxygen atoms in total. The van der Waals surface area contributed by atoms with Crippen LogP contribution in [0.4, 0.5) is 0 Å². The molecule has 2 saturated heterocycles. The van der Waals surface area contributed by atoms with Crippen LogP contribution < -0.4 is 0 Å². The van der Waals surface area contributed by atoms with Crippen LogP contribution >= 0.6 is 0 Å². The van der Waals surface area contributed by atoms with Gasteiger partial charge in [-0.3, -0.25) is 14.7 Å². The van der Waals surface area contributed by atoms with Gasteiger partial charge in [0.1, 0.15) is 0 Å². The number of nitrogens with one attached hydrogen (secondary N) is 1. The molecule has 2 amide bonds. The van der Waals surface area contributed by atoms with E-state index in [-0.39, 0.29) is 29.9 Å². The van der Waals surface area contributed by atoms with Crippen molar-refractivity contribution in [3.63, 3.8) is 0 Å². The summed E-state index contributed by atoms with van der Waals surface area (Å²) >= 11 is 0. The molecule has 0 saturated carbocycles. The minimum absolute atomic E-state index is 0.0170. The van der Waals surface area contributed by atoms with Gasteiger partial charge in [0, 0.05) is 32.1 Å². The fourth-order valence-corrected chi connectivity index (χ4v) is 4.59. The zero-order chi connectivity index (χ0) is 21.1. The molecule has 1 aromatic carbocycles. The molecule has 2 aromatic rings. The maximum Gasteiger partial charge on any atom is 0.257 e. The number of likely N-dealkylation sites (tertiary alicyclic amines) is 1. The topological polar surface area (TPSA) is 78.5 Å². The van der Waals surface area contributed by atoms with E-state index >= 15 is 0 Å². The lowest BCUT2D eigenvalue weighted by Gasteiger charge is -2.36. The summed E-state index contributed by atoms with van der Waals surface area (Å²) in [7, 11) is 0. The van der Waals surface area contributed by atoms with Crippen LogP contribution in [0.1, 0.15) is 54.2 Å². The number of aromatic nitrogens is 2. The molecular formula is C23H30N4O3. The van der Waals surface area contributed by atoms with Crippen molar-refractivity contribution >= 4 is 11.8 Å². The van der Waals surface area contributed by atoms with E-state index in [1.807, 2.05) is 54.0 Å². The maximum atomic E-state index is 13.1. The van der Waals surface area contributed by atoms with Gasteiger partial charge in [0.2, 0.25) is 5.91 Å². The minimum Gasteiger partial charge on any atom is -0.372 e. The zero-order valence-corrected chi connectivity index (χ0v) is 17.7. The molecule has 0 radical (unpaired) electrons. The zero-order valence-electron chi connectivity index (χ0n) is 17.7. The van der Waals surface area contributed by atoms with Gasteiger partial charge in [-0.2, -0.15) is 5.10 Å². The monoisotopic (exact) mass is 410 g/mol. The van der Waals surface area contributed by atoms with Crippen molar-refractivity contribution in [1.82, 2.24) is 20.0 Å². The van der Waals surface area contributed by atoms with E-state index in [4.69, 9.17) is 4.74 Å². The first-order valence-corrected chi connectivity index (χ1v) is 10.8. The Bertz CT molecular complexity index is 864. The van der Waals surface area contributed by atoms with Crippen molar-refractivity contribution in [3.05, 3.63) is 53.3 Å². The normalized spacial score (nSPS) is 22.9. The lowest BCUT2D eigenvalue weighted by atomic mass is 9.90. The van der Waals surface area contributed by atoms with Crippen molar-refractivity contribution in [1.29, 1.82) is 0 Å². The van der Waals surface area contributed by atoms with Gasteiger partial charge in [0.15, 0.2) is 0 Å². The van der Waals surface area contributed by atoms with E-state index in [1.54, 1.807) is 6.20 Å². The van der Waals surface area contributed by atoms with Crippen molar-refractivity contribution in [2.75, 3.05) is 26.2 Å². The molecule has 2 aliphatic heterocycles. The van der Waals surface area contributed by atoms with E-state index in [2.05, 4.69) is 10.2 Å². The van der Waals surface area contributed by atoms with Gasteiger partial charge in [-0.05, 0) is 32.3 Å². The highest BCUT2D eigenvalue weighted by Crippen LogP contribution is 2.30. The third kappa shape index (κ3) is 4.56. The highest BCUT2D eigenvalue weighted by molar-refractivity contribution is 5.95. The molecule has 160 valence electrons. The molecule has 0 spiro atoms. The first-order valence-electron chi connectivity index (χ1n) is 10.8. The van der Waals surface area contributed by atoms with Crippen LogP contribution in [-0.2, 0) is 16.0 Å². The van der Waals surface area contributed by atoms with Crippen LogP contribution in [0, 0.1) is 0 Å². The Morgan fingerprint density at radius 1 is 1.07 bits per heavy atom. The number of H-pyrrole nitrogens is 1. The van der Waals surface area contributed by atoms with E-state index < -0.39 is 0 Å². The van der Waals surface area contributed by atoms with Crippen LogP contribution in [0.5, 0.6) is 0 Å². The number of rotatable bonds is 4. The second-order valence-corrected chi connectivity index (χ2v) is 8.48. The van der Waals surface area contributed by atoms with Gasteiger partial charge in [0.25, 0.3) is 5.91 Å². The second kappa shape index (κ2) is 9.00. The van der Waals surface area contributed by atoms with Crippen LogP contribution in [0.2, 0.25) is 0 Å². The number of hydrogen-bond donors (Lipinski definition) is 1. The molecule has 1 N–H and O–H groups in total. The first kappa shape index (κ1) is 20.6. The number of hydrogen-bond acceptors (Lipinski definition) is 4. The minimum atomic E-state index is 0.0170. The molecule has 2 aliphatic rings. The molecule has 3 heterocycles. The summed E-state index contributed by atoms with van der Waals surface area (Å²) in [5, 5.41) is 7.25. The maximum absolute atomic E-state index is 13.1. The predicted octanol–water partition coefficient (Wildman–Crippen LogP) is 2.61. The summed E-state index contributed by atoms with van der Waals surface area (Å²) in [6, 6.07) is 9.85. The Labute approximate surface area is 177 Å². The fraction of sp³-hybridized carbons (Fsp3) is 0.522. The Morgan fingerprint density at radius 2 is 1.73 bits per heavy atom. The number of benzene rings is 1. The number of aromatic amines is 1. The lowest BCUT2D eigenvalue weighted by Crippen LogP contribution is -2.48. The molecule has 2 fully saturated rings. The molecule has 1 aromatic heterocycles. The molecule has 0 unspecified atom stereocenters. The quantitative estimate of drug-likeness (QED) is 0.840. The number of carbonyl (C=O) groups is 2. The standard InChI is InChI=1S/C23H30N4O3/c1-16-14-27(15-17(2)30-16)23(29)20-13-24-25-22(20)19-8-10-26(11-9-19)21(28)12-18-6-4-3-5-7-18/h3-7,13,16-17,19H,8-12,14-15H2,1-2H3,(H,24,25)/t16-,17-/m0/s1. The smallest absolute Gasteiger partial charge is 0.257 e. The van der Waals surface area contributed by atoms with Crippen molar-refractivity contribution in [3.8, 4) is 0 Å². The molecular weight excluding hydrogens is 380 g/mol. The van der Waals surface area contributed by atoms with Gasteiger partial charge in [-0.15, -0.1) is 0 Å². The molecule has 7 heteroatoms. The largest absolute Gasteiger partial charge is 0.372 e. The van der Waals surface area contributed by atoms with E-state index in [9.17, 15) is 9.59 Å². The number of carbonyl (C=O) groups excluding carboxylic acids is 2. The van der Waals surface area contributed by atoms with Crippen LogP contribution in [-0.4, -0.2) is 70.2 Å². The van der Waals surface area contributed by atoms with Crippen molar-refractivity contribution in [2.45, 2.75) is 51.2 Å². The molecule has 4 rings (SSSR count). The average Bonchev–Trinajstić information content (AvgIpc) is 3.23. The number of piperidine rings is 1. The van der Waals surface area contributed by atoms with E-state index in [0.717, 1.165) is 24.1 Å². The van der Waals surface area contributed by atoms with E-state index in [0.29, 0.717) is 38.2 Å². The van der Waals surface area contributed by atoms with Gasteiger partial charge in [-0.25, -0.2) is 0 Å². The van der Waals surface area contributed by atoms with Crippen LogP contribution in [0.15, 0.2) is 36.5 Å². The summed E-state index contributed by atoms with van der Waals surface area (Å²) in [4.78, 5) is 29.6. The highest BCUT2D eigenvalue weighted by Gasteiger charge is 2.32. The number of nitrogens with zero attached hydrogens (tertiary/aromatic N) is 3. The van der Waals surface area contributed by atoms with Gasteiger partial charge < -0.3 is 14.5 Å². The highest BCUT2D eigenvalue weighted by atomic mass is 16.5. The van der Waals surface area contributed by atoms with Crippen LogP contribution in [0.25, 0.3) is 0 Å². The number of morpholine rings is 1. The SMILES string of the molecule is C[C@H]1CN(C(=O)c2cn[nH]c2C2CCN(C(=O)Cc3ccccc3)CC2)C[C@H](C)O1. The third-order valence-corrected chi connectivity index (χ3v) is 6.06. The van der Waals surface area contributed by atoms with Crippen molar-refractivity contribution < 1.29 is 14.3 Å². The second-order valence-electron chi connectivity index (χ2n) is 8.48. The van der Waals surface area contributed by atoms with E-state index in [1.165, 1.54) is 0 Å². The summed E-state index contributed by atoms with van der Waals surface area (Å²) in [6.07, 6.45) is 3.82. The fourth-order valence-electron chi connectivity index (χ4n) is 4.59. The Kier molecular flexibility index (Phi) is 6.18. The number of ether oxygens (including phenoxy) is 1. The van der Waals surface area contributed by atoms with Crippen LogP contribution in [0.3, 0.4) is 0 Å². The lowest BCUT2D eigenvalue weighted by molar-refractivity contribution is -0.131. The predicted molar refractivity (Wildman–Crippen MR) is 113 cm³/mol. The summed E-state index contributed by atoms with van der Waals surface area (Å²) < 4.78 is 5.75.